The van der Waals surface area contributed by atoms with E-state index in [1.165, 1.54) is 4.90 Å². The smallest absolute Gasteiger partial charge is 0.327 e. The van der Waals surface area contributed by atoms with Crippen molar-refractivity contribution in [3.05, 3.63) is 35.9 Å². The van der Waals surface area contributed by atoms with Gasteiger partial charge in [0.15, 0.2) is 11.9 Å². The first-order valence-electron chi connectivity index (χ1n) is 8.31. The van der Waals surface area contributed by atoms with E-state index in [1.54, 1.807) is 18.9 Å². The van der Waals surface area contributed by atoms with Crippen molar-refractivity contribution in [3.8, 4) is 0 Å². The van der Waals surface area contributed by atoms with Crippen LogP contribution in [0.3, 0.4) is 0 Å². The van der Waals surface area contributed by atoms with Crippen LogP contribution in [0.25, 0.3) is 0 Å². The van der Waals surface area contributed by atoms with Crippen molar-refractivity contribution < 1.29 is 14.3 Å². The molecule has 0 aromatic heterocycles. The number of likely N-dealkylation sites (N-methyl/N-ethyl adjacent to an activating group) is 1. The number of hydrogen-bond donors (Lipinski definition) is 0. The Morgan fingerprint density at radius 2 is 1.96 bits per heavy atom. The molecule has 2 aliphatic rings. The van der Waals surface area contributed by atoms with Gasteiger partial charge in [0.05, 0.1) is 12.1 Å². The van der Waals surface area contributed by atoms with Crippen LogP contribution < -0.4 is 0 Å². The third-order valence-corrected chi connectivity index (χ3v) is 4.88. The number of aliphatic imine (C=N–C) groups is 1. The van der Waals surface area contributed by atoms with Gasteiger partial charge in [-0.15, -0.1) is 0 Å². The second-order valence-electron chi connectivity index (χ2n) is 6.36. The van der Waals surface area contributed by atoms with Crippen LogP contribution in [0, 0.1) is 0 Å². The molecule has 0 aliphatic carbocycles. The highest BCUT2D eigenvalue weighted by atomic mass is 16.5. The van der Waals surface area contributed by atoms with Crippen LogP contribution in [0.1, 0.15) is 38.8 Å². The molecule has 4 atom stereocenters. The van der Waals surface area contributed by atoms with Crippen molar-refractivity contribution in [2.75, 3.05) is 7.05 Å². The Labute approximate surface area is 142 Å². The molecule has 6 nitrogen and oxygen atoms in total. The first-order valence-corrected chi connectivity index (χ1v) is 8.31. The largest absolute Gasteiger partial charge is 0.475 e. The molecule has 0 unspecified atom stereocenters. The standard InChI is InChI=1S/C18H23N3O3/c1-5-14-15(19-12(3)24-14)17(22)21-16(11(2)20(4)18(21)23)13-9-7-6-8-10-13/h6-11,14-16H,5H2,1-4H3/t11-,14-,15+,16-/m0/s1. The molecule has 3 rings (SSSR count). The minimum Gasteiger partial charge on any atom is -0.475 e. The van der Waals surface area contributed by atoms with Crippen LogP contribution in [0.2, 0.25) is 0 Å². The molecule has 0 bridgehead atoms. The number of amides is 3. The zero-order valence-corrected chi connectivity index (χ0v) is 14.5. The molecular weight excluding hydrogens is 306 g/mol. The molecule has 2 heterocycles. The maximum absolute atomic E-state index is 13.1. The number of carbonyl (C=O) groups excluding carboxylic acids is 2. The number of benzene rings is 1. The first kappa shape index (κ1) is 16.5. The van der Waals surface area contributed by atoms with E-state index in [4.69, 9.17) is 4.74 Å². The third kappa shape index (κ3) is 2.56. The Morgan fingerprint density at radius 1 is 1.29 bits per heavy atom. The number of nitrogens with zero attached hydrogens (tertiary/aromatic N) is 3. The number of imide groups is 1. The fourth-order valence-electron chi connectivity index (χ4n) is 3.46. The maximum Gasteiger partial charge on any atom is 0.327 e. The van der Waals surface area contributed by atoms with E-state index in [0.29, 0.717) is 12.3 Å². The summed E-state index contributed by atoms with van der Waals surface area (Å²) >= 11 is 0. The Morgan fingerprint density at radius 3 is 2.58 bits per heavy atom. The monoisotopic (exact) mass is 329 g/mol. The van der Waals surface area contributed by atoms with Gasteiger partial charge in [0.25, 0.3) is 5.91 Å². The van der Waals surface area contributed by atoms with Gasteiger partial charge in [-0.1, -0.05) is 37.3 Å². The summed E-state index contributed by atoms with van der Waals surface area (Å²) in [6.07, 6.45) is 0.364. The van der Waals surface area contributed by atoms with Crippen LogP contribution in [0.4, 0.5) is 4.79 Å². The molecule has 1 fully saturated rings. The summed E-state index contributed by atoms with van der Waals surface area (Å²) in [4.78, 5) is 33.2. The molecule has 24 heavy (non-hydrogen) atoms. The highest BCUT2D eigenvalue weighted by molar-refractivity contribution is 6.01. The summed E-state index contributed by atoms with van der Waals surface area (Å²) in [6, 6.07) is 8.32. The van der Waals surface area contributed by atoms with Crippen molar-refractivity contribution in [1.29, 1.82) is 0 Å². The van der Waals surface area contributed by atoms with Gasteiger partial charge in [-0.2, -0.15) is 0 Å². The molecule has 0 spiro atoms. The third-order valence-electron chi connectivity index (χ3n) is 4.88. The first-order chi connectivity index (χ1) is 11.5. The highest BCUT2D eigenvalue weighted by Gasteiger charge is 2.49. The van der Waals surface area contributed by atoms with Crippen LogP contribution in [-0.2, 0) is 9.53 Å². The molecule has 0 N–H and O–H groups in total. The molecule has 3 amide bonds. The Bertz CT molecular complexity index is 673. The van der Waals surface area contributed by atoms with Crippen LogP contribution in [-0.4, -0.2) is 52.9 Å². The predicted octanol–water partition coefficient (Wildman–Crippen LogP) is 2.61. The summed E-state index contributed by atoms with van der Waals surface area (Å²) in [7, 11) is 1.73. The van der Waals surface area contributed by atoms with E-state index >= 15 is 0 Å². The lowest BCUT2D eigenvalue weighted by molar-refractivity contribution is -0.132. The van der Waals surface area contributed by atoms with Gasteiger partial charge in [0, 0.05) is 14.0 Å². The van der Waals surface area contributed by atoms with E-state index in [1.807, 2.05) is 44.2 Å². The second-order valence-corrected chi connectivity index (χ2v) is 6.36. The zero-order chi connectivity index (χ0) is 17.4. The average Bonchev–Trinajstić information content (AvgIpc) is 3.08. The molecule has 0 radical (unpaired) electrons. The fourth-order valence-corrected chi connectivity index (χ4v) is 3.46. The lowest BCUT2D eigenvalue weighted by Gasteiger charge is -2.26. The molecule has 128 valence electrons. The SMILES string of the molecule is CC[C@@H]1OC(C)=N[C@H]1C(=O)N1C(=O)N(C)[C@@H](C)[C@H]1c1ccccc1. The van der Waals surface area contributed by atoms with Crippen molar-refractivity contribution in [2.45, 2.75) is 51.4 Å². The van der Waals surface area contributed by atoms with Gasteiger partial charge >= 0.3 is 6.03 Å². The molecule has 0 saturated carbocycles. The minimum atomic E-state index is -0.649. The summed E-state index contributed by atoms with van der Waals surface area (Å²) in [5, 5.41) is 0. The van der Waals surface area contributed by atoms with E-state index in [0.717, 1.165) is 5.56 Å². The molecule has 6 heteroatoms. The van der Waals surface area contributed by atoms with E-state index in [-0.39, 0.29) is 30.1 Å². The molecule has 1 saturated heterocycles. The van der Waals surface area contributed by atoms with Crippen molar-refractivity contribution in [1.82, 2.24) is 9.80 Å². The summed E-state index contributed by atoms with van der Waals surface area (Å²) in [6.45, 7) is 5.65. The van der Waals surface area contributed by atoms with Gasteiger partial charge in [-0.3, -0.25) is 9.69 Å². The van der Waals surface area contributed by atoms with Gasteiger partial charge in [0.1, 0.15) is 6.10 Å². The minimum absolute atomic E-state index is 0.101. The lowest BCUT2D eigenvalue weighted by Crippen LogP contribution is -2.45. The lowest BCUT2D eigenvalue weighted by atomic mass is 9.99. The highest BCUT2D eigenvalue weighted by Crippen LogP contribution is 2.36. The van der Waals surface area contributed by atoms with Crippen molar-refractivity contribution in [3.63, 3.8) is 0 Å². The topological polar surface area (TPSA) is 62.2 Å². The van der Waals surface area contributed by atoms with Gasteiger partial charge in [-0.25, -0.2) is 9.79 Å². The second kappa shape index (κ2) is 6.26. The number of carbonyl (C=O) groups is 2. The Balaban J connectivity index is 1.97. The van der Waals surface area contributed by atoms with Crippen LogP contribution in [0.5, 0.6) is 0 Å². The molecular formula is C18H23N3O3. The van der Waals surface area contributed by atoms with E-state index in [9.17, 15) is 9.59 Å². The van der Waals surface area contributed by atoms with Crippen LogP contribution in [0.15, 0.2) is 35.3 Å². The number of urea groups is 1. The van der Waals surface area contributed by atoms with Gasteiger partial charge < -0.3 is 9.64 Å². The van der Waals surface area contributed by atoms with Gasteiger partial charge in [0.2, 0.25) is 0 Å². The average molecular weight is 329 g/mol. The Hall–Kier alpha value is -2.37. The van der Waals surface area contributed by atoms with Gasteiger partial charge in [-0.05, 0) is 18.9 Å². The van der Waals surface area contributed by atoms with Crippen LogP contribution >= 0.6 is 0 Å². The predicted molar refractivity (Wildman–Crippen MR) is 90.7 cm³/mol. The molecule has 1 aromatic carbocycles. The Kier molecular flexibility index (Phi) is 4.30. The maximum atomic E-state index is 13.1. The van der Waals surface area contributed by atoms with Crippen molar-refractivity contribution >= 4 is 17.8 Å². The number of hydrogen-bond acceptors (Lipinski definition) is 4. The molecule has 1 aromatic rings. The number of ether oxygens (including phenoxy) is 1. The van der Waals surface area contributed by atoms with E-state index < -0.39 is 6.04 Å². The summed E-state index contributed by atoms with van der Waals surface area (Å²) in [5.74, 6) is 0.221. The summed E-state index contributed by atoms with van der Waals surface area (Å²) < 4.78 is 5.61. The number of rotatable bonds is 3. The fraction of sp³-hybridized carbons (Fsp3) is 0.500. The molecule has 2 aliphatic heterocycles. The summed E-state index contributed by atoms with van der Waals surface area (Å²) in [5.41, 5.74) is 0.948. The van der Waals surface area contributed by atoms with E-state index in [2.05, 4.69) is 4.99 Å². The quantitative estimate of drug-likeness (QED) is 0.856. The zero-order valence-electron chi connectivity index (χ0n) is 14.5. The van der Waals surface area contributed by atoms with Crippen molar-refractivity contribution in [2.24, 2.45) is 4.99 Å². The normalized spacial score (nSPS) is 29.7.